The predicted molar refractivity (Wildman–Crippen MR) is 104 cm³/mol. The first-order chi connectivity index (χ1) is 12.4. The molecule has 1 aromatic heterocycles. The zero-order valence-corrected chi connectivity index (χ0v) is 16.8. The lowest BCUT2D eigenvalue weighted by atomic mass is 10.2. The molecule has 8 heteroatoms. The van der Waals surface area contributed by atoms with Gasteiger partial charge in [0.15, 0.2) is 0 Å². The Bertz CT molecular complexity index is 879. The minimum absolute atomic E-state index is 0.278. The fraction of sp³-hybridized carbons (Fsp3) is 0.500. The summed E-state index contributed by atoms with van der Waals surface area (Å²) in [5.74, 6) is 0.278. The second-order valence-electron chi connectivity index (χ2n) is 6.64. The highest BCUT2D eigenvalue weighted by atomic mass is 35.5. The van der Waals surface area contributed by atoms with Crippen molar-refractivity contribution in [1.29, 1.82) is 0 Å². The van der Waals surface area contributed by atoms with Crippen LogP contribution in [0.3, 0.4) is 0 Å². The third-order valence-corrected chi connectivity index (χ3v) is 7.18. The summed E-state index contributed by atoms with van der Waals surface area (Å²) in [5, 5.41) is 8.73. The molecule has 0 saturated carbocycles. The lowest BCUT2D eigenvalue weighted by Gasteiger charge is -2.14. The molecule has 0 aliphatic carbocycles. The van der Waals surface area contributed by atoms with Gasteiger partial charge < -0.3 is 5.32 Å². The van der Waals surface area contributed by atoms with Crippen molar-refractivity contribution in [2.75, 3.05) is 25.4 Å². The van der Waals surface area contributed by atoms with E-state index in [2.05, 4.69) is 17.3 Å². The van der Waals surface area contributed by atoms with Crippen LogP contribution in [0.4, 0.5) is 0 Å². The first kappa shape index (κ1) is 19.4. The molecule has 1 aliphatic heterocycles. The van der Waals surface area contributed by atoms with Gasteiger partial charge in [0.05, 0.1) is 18.0 Å². The number of aryl methyl sites for hydroxylation is 1. The first-order valence-corrected chi connectivity index (χ1v) is 10.8. The lowest BCUT2D eigenvalue weighted by molar-refractivity contribution is 0.433. The minimum Gasteiger partial charge on any atom is -0.311 e. The molecule has 142 valence electrons. The van der Waals surface area contributed by atoms with Crippen LogP contribution in [0.2, 0.25) is 5.02 Å². The number of sulfonamides is 1. The molecule has 0 atom stereocenters. The Morgan fingerprint density at radius 3 is 2.73 bits per heavy atom. The van der Waals surface area contributed by atoms with Gasteiger partial charge in [-0.05, 0) is 31.9 Å². The van der Waals surface area contributed by atoms with Gasteiger partial charge in [0.25, 0.3) is 0 Å². The Hall–Kier alpha value is -1.41. The Morgan fingerprint density at radius 1 is 1.27 bits per heavy atom. The molecule has 2 aromatic rings. The maximum atomic E-state index is 11.8. The maximum absolute atomic E-state index is 11.8. The third-order valence-electron chi connectivity index (χ3n) is 4.85. The summed E-state index contributed by atoms with van der Waals surface area (Å²) in [6.07, 6.45) is 0.732. The summed E-state index contributed by atoms with van der Waals surface area (Å²) in [5.41, 5.74) is 4.28. The van der Waals surface area contributed by atoms with Gasteiger partial charge in [-0.15, -0.1) is 0 Å². The number of aromatic nitrogens is 2. The summed E-state index contributed by atoms with van der Waals surface area (Å²) < 4.78 is 27.2. The molecule has 26 heavy (non-hydrogen) atoms. The van der Waals surface area contributed by atoms with Crippen molar-refractivity contribution in [3.05, 3.63) is 51.8 Å². The maximum Gasteiger partial charge on any atom is 0.214 e. The molecule has 1 fully saturated rings. The molecule has 0 unspecified atom stereocenters. The van der Waals surface area contributed by atoms with Crippen LogP contribution in [0, 0.1) is 13.8 Å². The molecule has 3 rings (SSSR count). The standard InChI is InChI=1S/C18H25ClN4O2S/c1-14-17(12-20-8-10-22-9-5-11-26(22,24)25)15(2)23(21-14)13-16-6-3-4-7-18(16)19/h3-4,6-7,20H,5,8-13H2,1-2H3. The number of hydrogen-bond acceptors (Lipinski definition) is 4. The number of nitrogens with zero attached hydrogens (tertiary/aromatic N) is 3. The van der Waals surface area contributed by atoms with Gasteiger partial charge in [0, 0.05) is 42.5 Å². The highest BCUT2D eigenvalue weighted by Gasteiger charge is 2.27. The molecule has 1 N–H and O–H groups in total. The van der Waals surface area contributed by atoms with Crippen LogP contribution in [0.5, 0.6) is 0 Å². The van der Waals surface area contributed by atoms with E-state index in [9.17, 15) is 8.42 Å². The molecule has 0 spiro atoms. The molecular formula is C18H25ClN4O2S. The zero-order chi connectivity index (χ0) is 18.7. The molecular weight excluding hydrogens is 372 g/mol. The SMILES string of the molecule is Cc1nn(Cc2ccccc2Cl)c(C)c1CNCCN1CCCS1(=O)=O. The summed E-state index contributed by atoms with van der Waals surface area (Å²) >= 11 is 6.25. The van der Waals surface area contributed by atoms with Crippen molar-refractivity contribution in [1.82, 2.24) is 19.4 Å². The van der Waals surface area contributed by atoms with Gasteiger partial charge in [-0.1, -0.05) is 29.8 Å². The average molecular weight is 397 g/mol. The molecule has 0 bridgehead atoms. The van der Waals surface area contributed by atoms with Gasteiger partial charge in [0.1, 0.15) is 0 Å². The molecule has 0 radical (unpaired) electrons. The average Bonchev–Trinajstić information content (AvgIpc) is 3.06. The number of benzene rings is 1. The second-order valence-corrected chi connectivity index (χ2v) is 9.14. The number of rotatable bonds is 7. The molecule has 1 aromatic carbocycles. The Morgan fingerprint density at radius 2 is 2.04 bits per heavy atom. The third kappa shape index (κ3) is 4.28. The first-order valence-electron chi connectivity index (χ1n) is 8.83. The van der Waals surface area contributed by atoms with E-state index in [1.807, 2.05) is 35.9 Å². The van der Waals surface area contributed by atoms with Crippen LogP contribution >= 0.6 is 11.6 Å². The minimum atomic E-state index is -3.02. The topological polar surface area (TPSA) is 67.2 Å². The largest absolute Gasteiger partial charge is 0.311 e. The Balaban J connectivity index is 1.59. The number of hydrogen-bond donors (Lipinski definition) is 1. The Labute approximate surface area is 160 Å². The Kier molecular flexibility index (Phi) is 6.02. The fourth-order valence-corrected chi connectivity index (χ4v) is 5.02. The summed E-state index contributed by atoms with van der Waals surface area (Å²) in [4.78, 5) is 0. The zero-order valence-electron chi connectivity index (χ0n) is 15.2. The van der Waals surface area contributed by atoms with E-state index in [1.54, 1.807) is 4.31 Å². The van der Waals surface area contributed by atoms with Crippen LogP contribution in [0.1, 0.15) is 28.9 Å². The van der Waals surface area contributed by atoms with E-state index in [1.165, 1.54) is 0 Å². The van der Waals surface area contributed by atoms with Gasteiger partial charge in [-0.25, -0.2) is 12.7 Å². The van der Waals surface area contributed by atoms with Gasteiger partial charge in [-0.2, -0.15) is 5.10 Å². The van der Waals surface area contributed by atoms with Crippen molar-refractivity contribution in [3.8, 4) is 0 Å². The molecule has 1 aliphatic rings. The van der Waals surface area contributed by atoms with Crippen molar-refractivity contribution < 1.29 is 8.42 Å². The van der Waals surface area contributed by atoms with Crippen LogP contribution in [0.25, 0.3) is 0 Å². The number of nitrogens with one attached hydrogen (secondary N) is 1. The molecule has 0 amide bonds. The van der Waals surface area contributed by atoms with Crippen LogP contribution < -0.4 is 5.32 Å². The van der Waals surface area contributed by atoms with E-state index < -0.39 is 10.0 Å². The second kappa shape index (κ2) is 8.08. The van der Waals surface area contributed by atoms with Crippen molar-refractivity contribution >= 4 is 21.6 Å². The van der Waals surface area contributed by atoms with E-state index in [-0.39, 0.29) is 5.75 Å². The summed E-state index contributed by atoms with van der Waals surface area (Å²) in [6, 6.07) is 7.79. The smallest absolute Gasteiger partial charge is 0.214 e. The highest BCUT2D eigenvalue weighted by Crippen LogP contribution is 2.19. The van der Waals surface area contributed by atoms with E-state index in [4.69, 9.17) is 11.6 Å². The molecule has 1 saturated heterocycles. The monoisotopic (exact) mass is 396 g/mol. The van der Waals surface area contributed by atoms with Crippen molar-refractivity contribution in [2.24, 2.45) is 0 Å². The highest BCUT2D eigenvalue weighted by molar-refractivity contribution is 7.89. The normalized spacial score (nSPS) is 17.0. The van der Waals surface area contributed by atoms with Gasteiger partial charge in [0.2, 0.25) is 10.0 Å². The predicted octanol–water partition coefficient (Wildman–Crippen LogP) is 2.33. The summed E-state index contributed by atoms with van der Waals surface area (Å²) in [7, 11) is -3.02. The van der Waals surface area contributed by atoms with E-state index >= 15 is 0 Å². The summed E-state index contributed by atoms with van der Waals surface area (Å²) in [6.45, 7) is 7.16. The number of halogens is 1. The van der Waals surface area contributed by atoms with Gasteiger partial charge in [-0.3, -0.25) is 4.68 Å². The van der Waals surface area contributed by atoms with E-state index in [0.717, 1.165) is 34.0 Å². The van der Waals surface area contributed by atoms with E-state index in [0.29, 0.717) is 32.7 Å². The van der Waals surface area contributed by atoms with Crippen LogP contribution in [-0.2, 0) is 23.1 Å². The van der Waals surface area contributed by atoms with Crippen LogP contribution in [-0.4, -0.2) is 47.9 Å². The van der Waals surface area contributed by atoms with Gasteiger partial charge >= 0.3 is 0 Å². The molecule has 6 nitrogen and oxygen atoms in total. The van der Waals surface area contributed by atoms with Crippen molar-refractivity contribution in [3.63, 3.8) is 0 Å². The fourth-order valence-electron chi connectivity index (χ4n) is 3.29. The molecule has 2 heterocycles. The van der Waals surface area contributed by atoms with Crippen molar-refractivity contribution in [2.45, 2.75) is 33.4 Å². The lowest BCUT2D eigenvalue weighted by Crippen LogP contribution is -2.33. The van der Waals surface area contributed by atoms with Crippen LogP contribution in [0.15, 0.2) is 24.3 Å². The quantitative estimate of drug-likeness (QED) is 0.729.